The third-order valence-electron chi connectivity index (χ3n) is 9.73. The number of hydrogen-bond donors (Lipinski definition) is 0. The summed E-state index contributed by atoms with van der Waals surface area (Å²) in [6, 6.07) is 27.0. The summed E-state index contributed by atoms with van der Waals surface area (Å²) in [5.74, 6) is -0.259. The number of piperidine rings is 2. The second-order valence-electron chi connectivity index (χ2n) is 13.1. The van der Waals surface area contributed by atoms with E-state index in [0.29, 0.717) is 47.1 Å². The predicted octanol–water partition coefficient (Wildman–Crippen LogP) is 6.43. The molecule has 4 aromatic rings. The molecule has 0 radical (unpaired) electrons. The highest BCUT2D eigenvalue weighted by Gasteiger charge is 2.33. The van der Waals surface area contributed by atoms with Gasteiger partial charge in [-0.15, -0.1) is 0 Å². The summed E-state index contributed by atoms with van der Waals surface area (Å²) in [4.78, 5) is 32.8. The number of thioether (sulfide) groups is 1. The number of sulfonamides is 1. The fourth-order valence-corrected chi connectivity index (χ4v) is 9.40. The molecule has 0 aliphatic carbocycles. The van der Waals surface area contributed by atoms with Gasteiger partial charge in [0.25, 0.3) is 5.91 Å². The molecule has 0 spiro atoms. The van der Waals surface area contributed by atoms with Gasteiger partial charge in [0.15, 0.2) is 5.17 Å². The molecule has 10 nitrogen and oxygen atoms in total. The average molecular weight is 724 g/mol. The van der Waals surface area contributed by atoms with Gasteiger partial charge in [0.05, 0.1) is 28.0 Å². The summed E-state index contributed by atoms with van der Waals surface area (Å²) in [5.41, 5.74) is 4.02. The van der Waals surface area contributed by atoms with E-state index >= 15 is 0 Å². The molecular weight excluding hydrogens is 683 g/mol. The Kier molecular flexibility index (Phi) is 10.5. The highest BCUT2D eigenvalue weighted by molar-refractivity contribution is 8.18. The molecule has 0 unspecified atom stereocenters. The van der Waals surface area contributed by atoms with E-state index in [4.69, 9.17) is 9.84 Å². The number of likely N-dealkylation sites (tertiary alicyclic amines) is 1. The Morgan fingerprint density at radius 2 is 1.63 bits per heavy atom. The van der Waals surface area contributed by atoms with Crippen molar-refractivity contribution in [1.82, 2.24) is 19.0 Å². The molecule has 0 atom stereocenters. The molecule has 0 bridgehead atoms. The maximum atomic E-state index is 13.8. The molecule has 51 heavy (non-hydrogen) atoms. The van der Waals surface area contributed by atoms with E-state index in [9.17, 15) is 18.0 Å². The van der Waals surface area contributed by atoms with E-state index in [0.717, 1.165) is 43.2 Å². The summed E-state index contributed by atoms with van der Waals surface area (Å²) in [7, 11) is -3.84. The van der Waals surface area contributed by atoms with Crippen LogP contribution in [0.4, 0.5) is 0 Å². The van der Waals surface area contributed by atoms with E-state index in [1.807, 2.05) is 54.7 Å². The molecule has 4 heterocycles. The molecule has 0 saturated carbocycles. The van der Waals surface area contributed by atoms with Crippen molar-refractivity contribution in [2.45, 2.75) is 43.9 Å². The highest BCUT2D eigenvalue weighted by atomic mass is 32.2. The predicted molar refractivity (Wildman–Crippen MR) is 200 cm³/mol. The zero-order valence-electron chi connectivity index (χ0n) is 28.6. The molecule has 264 valence electrons. The Morgan fingerprint density at radius 1 is 0.922 bits per heavy atom. The topological polar surface area (TPSA) is 114 Å². The Morgan fingerprint density at radius 3 is 2.33 bits per heavy atom. The molecule has 1 aromatic heterocycles. The van der Waals surface area contributed by atoms with Crippen molar-refractivity contribution in [3.05, 3.63) is 107 Å². The van der Waals surface area contributed by atoms with Gasteiger partial charge in [-0.2, -0.15) is 14.4 Å². The molecule has 2 saturated heterocycles. The van der Waals surface area contributed by atoms with Crippen molar-refractivity contribution in [2.75, 3.05) is 32.8 Å². The molecule has 3 aliphatic rings. The first kappa shape index (κ1) is 34.9. The summed E-state index contributed by atoms with van der Waals surface area (Å²) in [6.07, 6.45) is 7.64. The fraction of sp³-hybridized carbons (Fsp3) is 0.333. The zero-order valence-corrected chi connectivity index (χ0v) is 30.2. The van der Waals surface area contributed by atoms with Crippen LogP contribution in [-0.2, 0) is 30.8 Å². The van der Waals surface area contributed by atoms with Crippen molar-refractivity contribution in [3.63, 3.8) is 0 Å². The van der Waals surface area contributed by atoms with Crippen molar-refractivity contribution >= 4 is 44.9 Å². The Labute approximate surface area is 303 Å². The van der Waals surface area contributed by atoms with Gasteiger partial charge in [0, 0.05) is 43.5 Å². The van der Waals surface area contributed by atoms with Gasteiger partial charge in [0.1, 0.15) is 5.69 Å². The molecule has 1 amide bonds. The number of hydrogen-bond acceptors (Lipinski definition) is 8. The number of carbonyl (C=O) groups excluding carboxylic acids is 2. The van der Waals surface area contributed by atoms with Crippen LogP contribution in [-0.4, -0.2) is 77.2 Å². The van der Waals surface area contributed by atoms with Crippen LogP contribution in [0.3, 0.4) is 0 Å². The van der Waals surface area contributed by atoms with Crippen molar-refractivity contribution in [3.8, 4) is 16.9 Å². The van der Waals surface area contributed by atoms with Gasteiger partial charge >= 0.3 is 5.97 Å². The number of nitrogens with zero attached hydrogens (tertiary/aromatic N) is 5. The van der Waals surface area contributed by atoms with Gasteiger partial charge in [-0.25, -0.2) is 13.1 Å². The number of amidine groups is 1. The lowest BCUT2D eigenvalue weighted by Crippen LogP contribution is -2.40. The minimum absolute atomic E-state index is 0.148. The Balaban J connectivity index is 1.11. The normalized spacial score (nSPS) is 18.7. The van der Waals surface area contributed by atoms with Crippen LogP contribution in [0.25, 0.3) is 23.0 Å². The highest BCUT2D eigenvalue weighted by Crippen LogP contribution is 2.36. The van der Waals surface area contributed by atoms with Crippen LogP contribution >= 0.6 is 11.8 Å². The van der Waals surface area contributed by atoms with E-state index in [1.165, 1.54) is 21.6 Å². The summed E-state index contributed by atoms with van der Waals surface area (Å²) in [6.45, 7) is 4.25. The molecule has 3 aliphatic heterocycles. The van der Waals surface area contributed by atoms with Crippen molar-refractivity contribution < 1.29 is 22.7 Å². The van der Waals surface area contributed by atoms with Crippen LogP contribution in [0, 0.1) is 11.8 Å². The van der Waals surface area contributed by atoms with Gasteiger partial charge in [-0.3, -0.25) is 9.59 Å². The van der Waals surface area contributed by atoms with Gasteiger partial charge in [-0.05, 0) is 92.6 Å². The molecule has 3 aromatic carbocycles. The van der Waals surface area contributed by atoms with E-state index in [-0.39, 0.29) is 35.8 Å². The minimum Gasteiger partial charge on any atom is -0.466 e. The van der Waals surface area contributed by atoms with E-state index in [2.05, 4.69) is 34.2 Å². The third-order valence-corrected chi connectivity index (χ3v) is 12.7. The first-order chi connectivity index (χ1) is 24.8. The lowest BCUT2D eigenvalue weighted by atomic mass is 9.90. The lowest BCUT2D eigenvalue weighted by Gasteiger charge is -2.32. The maximum Gasteiger partial charge on any atom is 0.309 e. The minimum atomic E-state index is -3.84. The first-order valence-corrected chi connectivity index (χ1v) is 19.8. The summed E-state index contributed by atoms with van der Waals surface area (Å²) >= 11 is 1.38. The number of rotatable bonds is 9. The van der Waals surface area contributed by atoms with Crippen LogP contribution in [0.2, 0.25) is 0 Å². The number of esters is 1. The Bertz CT molecular complexity index is 2050. The number of ether oxygens (including phenoxy) is 1. The molecule has 12 heteroatoms. The largest absolute Gasteiger partial charge is 0.466 e. The van der Waals surface area contributed by atoms with Crippen LogP contribution in [0.5, 0.6) is 0 Å². The number of benzene rings is 3. The molecule has 7 rings (SSSR count). The number of para-hydroxylation sites is 1. The van der Waals surface area contributed by atoms with Crippen LogP contribution in [0.15, 0.2) is 106 Å². The molecule has 0 N–H and O–H groups in total. The monoisotopic (exact) mass is 723 g/mol. The number of aromatic nitrogens is 2. The van der Waals surface area contributed by atoms with Crippen LogP contribution in [0.1, 0.15) is 43.7 Å². The summed E-state index contributed by atoms with van der Waals surface area (Å²) < 4.78 is 36.0. The fourth-order valence-electron chi connectivity index (χ4n) is 6.93. The van der Waals surface area contributed by atoms with Crippen molar-refractivity contribution in [1.29, 1.82) is 0 Å². The van der Waals surface area contributed by atoms with E-state index < -0.39 is 10.0 Å². The van der Waals surface area contributed by atoms with E-state index in [1.54, 1.807) is 29.8 Å². The van der Waals surface area contributed by atoms with Gasteiger partial charge < -0.3 is 9.64 Å². The number of amides is 1. The van der Waals surface area contributed by atoms with Crippen LogP contribution < -0.4 is 0 Å². The smallest absolute Gasteiger partial charge is 0.309 e. The Hall–Kier alpha value is -4.52. The maximum absolute atomic E-state index is 13.8. The third kappa shape index (κ3) is 7.88. The number of aliphatic imine (C=N–C) groups is 1. The second kappa shape index (κ2) is 15.4. The first-order valence-electron chi connectivity index (χ1n) is 17.5. The summed E-state index contributed by atoms with van der Waals surface area (Å²) in [5, 5.41) is 5.62. The SMILES string of the molecule is CCOC(=O)C1CCN(S(=O)(=O)c2cccc(-c3nn(-c4ccccc4)cc3C=C3SC(N4CCC(Cc5ccccc5)CC4)=NC3=O)c2)CC1. The zero-order chi connectivity index (χ0) is 35.4. The van der Waals surface area contributed by atoms with Gasteiger partial charge in [0.2, 0.25) is 10.0 Å². The standard InChI is InChI=1S/C39H41N5O5S2/c1-2-49-38(46)30-18-22-43(23-19-30)51(47,48)34-15-9-12-31(25-34)36-32(27-44(41-36)33-13-7-4-8-14-33)26-35-37(45)40-39(50-35)42-20-16-29(17-21-42)24-28-10-5-3-6-11-28/h3-15,25-27,29-30H,2,16-24H2,1H3. The second-order valence-corrected chi connectivity index (χ2v) is 16.0. The quantitative estimate of drug-likeness (QED) is 0.144. The van der Waals surface area contributed by atoms with Crippen molar-refractivity contribution in [2.24, 2.45) is 16.8 Å². The average Bonchev–Trinajstić information content (AvgIpc) is 3.76. The number of carbonyl (C=O) groups is 2. The molecule has 2 fully saturated rings. The lowest BCUT2D eigenvalue weighted by molar-refractivity contribution is -0.149. The molecular formula is C39H41N5O5S2. The van der Waals surface area contributed by atoms with Gasteiger partial charge in [-0.1, -0.05) is 60.7 Å².